The van der Waals surface area contributed by atoms with Gasteiger partial charge in [0.15, 0.2) is 0 Å². The Kier molecular flexibility index (Phi) is 5.41. The Morgan fingerprint density at radius 3 is 1.43 bits per heavy atom. The van der Waals surface area contributed by atoms with Crippen molar-refractivity contribution in [2.45, 2.75) is 0 Å². The van der Waals surface area contributed by atoms with Crippen molar-refractivity contribution < 1.29 is 0 Å². The first kappa shape index (κ1) is 14.7. The van der Waals surface area contributed by atoms with Crippen molar-refractivity contribution >= 4 is 22.9 Å². The summed E-state index contributed by atoms with van der Waals surface area (Å²) in [5.74, 6) is 0. The molecule has 100 valence electrons. The fourth-order valence-corrected chi connectivity index (χ4v) is 2.44. The summed E-state index contributed by atoms with van der Waals surface area (Å²) in [6.45, 7) is 0. The zero-order valence-corrected chi connectivity index (χ0v) is 12.0. The van der Waals surface area contributed by atoms with E-state index in [9.17, 15) is 10.5 Å². The molecule has 0 N–H and O–H groups in total. The Labute approximate surface area is 128 Å². The maximum absolute atomic E-state index is 9.20. The maximum atomic E-state index is 9.20. The van der Waals surface area contributed by atoms with Crippen molar-refractivity contribution in [3.8, 4) is 12.1 Å². The number of hydrogen-bond acceptors (Lipinski definition) is 3. The Bertz CT molecular complexity index is 667. The van der Waals surface area contributed by atoms with E-state index < -0.39 is 0 Å². The van der Waals surface area contributed by atoms with Gasteiger partial charge in [-0.25, -0.2) is 0 Å². The van der Waals surface area contributed by atoms with Crippen LogP contribution in [0.4, 0.5) is 0 Å². The van der Waals surface area contributed by atoms with Crippen LogP contribution in [0.3, 0.4) is 0 Å². The molecule has 0 radical (unpaired) electrons. The molecule has 2 aromatic carbocycles. The van der Waals surface area contributed by atoms with Gasteiger partial charge >= 0.3 is 0 Å². The van der Waals surface area contributed by atoms with Gasteiger partial charge < -0.3 is 0 Å². The second kappa shape index (κ2) is 7.75. The minimum Gasteiger partial charge on any atom is -0.192 e. The first-order chi connectivity index (χ1) is 10.3. The van der Waals surface area contributed by atoms with E-state index in [1.165, 1.54) is 11.8 Å². The number of nitriles is 2. The Balaban J connectivity index is 2.18. The summed E-state index contributed by atoms with van der Waals surface area (Å²) in [7, 11) is 0. The van der Waals surface area contributed by atoms with E-state index in [2.05, 4.69) is 12.1 Å². The van der Waals surface area contributed by atoms with Crippen molar-refractivity contribution in [2.75, 3.05) is 0 Å². The normalized spacial score (nSPS) is 11.5. The molecular formula is C18H12N2S. The quantitative estimate of drug-likeness (QED) is 0.756. The molecular weight excluding hydrogens is 276 g/mol. The van der Waals surface area contributed by atoms with Crippen LogP contribution in [0.15, 0.2) is 71.5 Å². The third kappa shape index (κ3) is 4.11. The SMILES string of the molecule is N#C/C(=C/S/C=C(/C#N)c1ccccc1)c1ccccc1. The number of nitrogens with zero attached hydrogens (tertiary/aromatic N) is 2. The number of allylic oxidation sites excluding steroid dienone is 2. The van der Waals surface area contributed by atoms with Gasteiger partial charge in [0, 0.05) is 0 Å². The maximum Gasteiger partial charge on any atom is 0.100 e. The molecule has 3 heteroatoms. The standard InChI is InChI=1S/C18H12N2S/c19-11-17(15-7-3-1-4-8-15)13-21-14-18(12-20)16-9-5-2-6-10-16/h1-10,13-14H/b17-13-,18-14-. The van der Waals surface area contributed by atoms with Crippen LogP contribution in [0.25, 0.3) is 11.1 Å². The van der Waals surface area contributed by atoms with Gasteiger partial charge in [-0.05, 0) is 21.9 Å². The van der Waals surface area contributed by atoms with Crippen LogP contribution in [0.2, 0.25) is 0 Å². The summed E-state index contributed by atoms with van der Waals surface area (Å²) in [4.78, 5) is 0. The van der Waals surface area contributed by atoms with E-state index in [0.717, 1.165) is 11.1 Å². The largest absolute Gasteiger partial charge is 0.192 e. The molecule has 0 saturated heterocycles. The number of benzene rings is 2. The first-order valence-corrected chi connectivity index (χ1v) is 7.26. The zero-order chi connectivity index (χ0) is 14.9. The van der Waals surface area contributed by atoms with Crippen LogP contribution < -0.4 is 0 Å². The third-order valence-electron chi connectivity index (χ3n) is 2.78. The lowest BCUT2D eigenvalue weighted by Crippen LogP contribution is -1.80. The van der Waals surface area contributed by atoms with Crippen LogP contribution in [0, 0.1) is 22.7 Å². The average molecular weight is 288 g/mol. The van der Waals surface area contributed by atoms with Crippen LogP contribution >= 0.6 is 11.8 Å². The van der Waals surface area contributed by atoms with E-state index in [1.807, 2.05) is 60.7 Å². The van der Waals surface area contributed by atoms with Gasteiger partial charge in [0.1, 0.15) is 12.1 Å². The molecule has 0 heterocycles. The second-order valence-corrected chi connectivity index (χ2v) is 4.90. The molecule has 0 aliphatic rings. The molecule has 2 nitrogen and oxygen atoms in total. The van der Waals surface area contributed by atoms with Gasteiger partial charge in [-0.15, -0.1) is 11.8 Å². The fraction of sp³-hybridized carbons (Fsp3) is 0. The van der Waals surface area contributed by atoms with Gasteiger partial charge in [-0.3, -0.25) is 0 Å². The summed E-state index contributed by atoms with van der Waals surface area (Å²) in [5.41, 5.74) is 2.92. The molecule has 2 aromatic rings. The van der Waals surface area contributed by atoms with E-state index in [0.29, 0.717) is 11.1 Å². The Morgan fingerprint density at radius 2 is 1.10 bits per heavy atom. The third-order valence-corrected chi connectivity index (χ3v) is 3.53. The molecule has 0 aliphatic carbocycles. The highest BCUT2D eigenvalue weighted by molar-refractivity contribution is 8.05. The lowest BCUT2D eigenvalue weighted by Gasteiger charge is -1.98. The molecule has 0 unspecified atom stereocenters. The molecule has 0 amide bonds. The van der Waals surface area contributed by atoms with Crippen molar-refractivity contribution in [2.24, 2.45) is 0 Å². The summed E-state index contributed by atoms with van der Waals surface area (Å²) < 4.78 is 0. The minimum absolute atomic E-state index is 0.585. The molecule has 0 atom stereocenters. The van der Waals surface area contributed by atoms with E-state index in [-0.39, 0.29) is 0 Å². The zero-order valence-electron chi connectivity index (χ0n) is 11.2. The predicted octanol–water partition coefficient (Wildman–Crippen LogP) is 4.85. The molecule has 0 fully saturated rings. The monoisotopic (exact) mass is 288 g/mol. The van der Waals surface area contributed by atoms with Crippen molar-refractivity contribution in [1.29, 1.82) is 10.5 Å². The number of hydrogen-bond donors (Lipinski definition) is 0. The molecule has 21 heavy (non-hydrogen) atoms. The van der Waals surface area contributed by atoms with Crippen LogP contribution in [-0.4, -0.2) is 0 Å². The molecule has 2 rings (SSSR count). The number of thioether (sulfide) groups is 1. The first-order valence-electron chi connectivity index (χ1n) is 6.32. The van der Waals surface area contributed by atoms with Crippen molar-refractivity contribution in [1.82, 2.24) is 0 Å². The van der Waals surface area contributed by atoms with Crippen molar-refractivity contribution in [3.05, 3.63) is 82.6 Å². The van der Waals surface area contributed by atoms with Crippen LogP contribution in [0.5, 0.6) is 0 Å². The summed E-state index contributed by atoms with van der Waals surface area (Å²) in [5, 5.41) is 21.9. The van der Waals surface area contributed by atoms with Gasteiger partial charge in [0.2, 0.25) is 0 Å². The van der Waals surface area contributed by atoms with Gasteiger partial charge in [0.05, 0.1) is 11.1 Å². The second-order valence-electron chi connectivity index (χ2n) is 4.15. The average Bonchev–Trinajstić information content (AvgIpc) is 2.57. The predicted molar refractivity (Wildman–Crippen MR) is 87.7 cm³/mol. The molecule has 0 aliphatic heterocycles. The van der Waals surface area contributed by atoms with E-state index >= 15 is 0 Å². The highest BCUT2D eigenvalue weighted by Crippen LogP contribution is 2.22. The lowest BCUT2D eigenvalue weighted by atomic mass is 10.1. The Morgan fingerprint density at radius 1 is 0.714 bits per heavy atom. The van der Waals surface area contributed by atoms with Gasteiger partial charge in [-0.2, -0.15) is 10.5 Å². The van der Waals surface area contributed by atoms with E-state index in [1.54, 1.807) is 10.8 Å². The topological polar surface area (TPSA) is 47.6 Å². The Hall–Kier alpha value is -2.75. The minimum atomic E-state index is 0.585. The van der Waals surface area contributed by atoms with Crippen LogP contribution in [0.1, 0.15) is 11.1 Å². The highest BCUT2D eigenvalue weighted by atomic mass is 32.2. The molecule has 0 saturated carbocycles. The van der Waals surface area contributed by atoms with Crippen molar-refractivity contribution in [3.63, 3.8) is 0 Å². The summed E-state index contributed by atoms with van der Waals surface area (Å²) in [6.07, 6.45) is 0. The number of rotatable bonds is 4. The summed E-state index contributed by atoms with van der Waals surface area (Å²) in [6, 6.07) is 23.3. The van der Waals surface area contributed by atoms with Gasteiger partial charge in [0.25, 0.3) is 0 Å². The molecule has 0 aromatic heterocycles. The van der Waals surface area contributed by atoms with Gasteiger partial charge in [-0.1, -0.05) is 60.7 Å². The summed E-state index contributed by atoms with van der Waals surface area (Å²) >= 11 is 1.34. The molecule has 0 bridgehead atoms. The lowest BCUT2D eigenvalue weighted by molar-refractivity contribution is 1.52. The van der Waals surface area contributed by atoms with E-state index in [4.69, 9.17) is 0 Å². The fourth-order valence-electron chi connectivity index (χ4n) is 1.72. The molecule has 0 spiro atoms. The highest BCUT2D eigenvalue weighted by Gasteiger charge is 2.00. The smallest absolute Gasteiger partial charge is 0.100 e. The van der Waals surface area contributed by atoms with Crippen LogP contribution in [-0.2, 0) is 0 Å².